The Morgan fingerprint density at radius 3 is 2.41 bits per heavy atom. The molecule has 0 amide bonds. The zero-order valence-electron chi connectivity index (χ0n) is 14.4. The Bertz CT molecular complexity index is 1130. The zero-order chi connectivity index (χ0) is 19.0. The first-order valence-electron chi connectivity index (χ1n) is 8.52. The molecule has 0 radical (unpaired) electrons. The van der Waals surface area contributed by atoms with Crippen LogP contribution in [-0.2, 0) is 16.7 Å². The number of fused-ring (bicyclic) bond motifs is 1. The smallest absolute Gasteiger partial charge is 0.270 e. The number of oxazole rings is 1. The Morgan fingerprint density at radius 1 is 1.00 bits per heavy atom. The number of hydrogen-bond donors (Lipinski definition) is 0. The quantitative estimate of drug-likeness (QED) is 0.600. The molecular formula is C18H18ClN3O3S2. The summed E-state index contributed by atoms with van der Waals surface area (Å²) < 4.78 is 34.7. The van der Waals surface area contributed by atoms with Crippen molar-refractivity contribution in [3.8, 4) is 0 Å². The summed E-state index contributed by atoms with van der Waals surface area (Å²) >= 11 is 11.4. The number of piperazine rings is 1. The normalized spacial score (nSPS) is 16.8. The zero-order valence-corrected chi connectivity index (χ0v) is 16.8. The molecule has 1 aliphatic rings. The molecule has 2 aromatic carbocycles. The van der Waals surface area contributed by atoms with E-state index in [0.29, 0.717) is 37.7 Å². The fourth-order valence-electron chi connectivity index (χ4n) is 3.25. The van der Waals surface area contributed by atoms with Crippen molar-refractivity contribution >= 4 is 44.9 Å². The van der Waals surface area contributed by atoms with Gasteiger partial charge in [0.1, 0.15) is 4.90 Å². The van der Waals surface area contributed by atoms with Gasteiger partial charge in [0.2, 0.25) is 10.0 Å². The van der Waals surface area contributed by atoms with Gasteiger partial charge in [0, 0.05) is 26.2 Å². The highest BCUT2D eigenvalue weighted by atomic mass is 35.5. The first kappa shape index (κ1) is 18.6. The van der Waals surface area contributed by atoms with Gasteiger partial charge in [-0.2, -0.15) is 4.31 Å². The SMILES string of the molecule is O=S(=O)(c1ccccc1Cl)N1CCN(Cn2c(=S)oc3ccccc32)CC1. The van der Waals surface area contributed by atoms with Crippen LogP contribution in [0, 0.1) is 4.84 Å². The summed E-state index contributed by atoms with van der Waals surface area (Å²) in [4.78, 5) is 2.74. The first-order valence-corrected chi connectivity index (χ1v) is 10.7. The highest BCUT2D eigenvalue weighted by Gasteiger charge is 2.30. The molecule has 0 spiro atoms. The van der Waals surface area contributed by atoms with Crippen molar-refractivity contribution in [1.29, 1.82) is 0 Å². The number of benzene rings is 2. The second kappa shape index (κ2) is 7.37. The minimum absolute atomic E-state index is 0.156. The van der Waals surface area contributed by atoms with Crippen LogP contribution in [0.4, 0.5) is 0 Å². The Labute approximate surface area is 167 Å². The highest BCUT2D eigenvalue weighted by molar-refractivity contribution is 7.89. The Morgan fingerprint density at radius 2 is 1.67 bits per heavy atom. The molecular weight excluding hydrogens is 406 g/mol. The lowest BCUT2D eigenvalue weighted by Crippen LogP contribution is -2.48. The molecule has 2 heterocycles. The van der Waals surface area contributed by atoms with Crippen LogP contribution in [0.3, 0.4) is 0 Å². The third-order valence-electron chi connectivity index (χ3n) is 4.70. The molecule has 0 N–H and O–H groups in total. The average molecular weight is 424 g/mol. The third kappa shape index (κ3) is 3.55. The Balaban J connectivity index is 1.49. The molecule has 4 rings (SSSR count). The van der Waals surface area contributed by atoms with Crippen molar-refractivity contribution in [3.05, 3.63) is 58.4 Å². The molecule has 27 heavy (non-hydrogen) atoms. The second-order valence-corrected chi connectivity index (χ2v) is 9.02. The summed E-state index contributed by atoms with van der Waals surface area (Å²) in [5, 5.41) is 0.246. The van der Waals surface area contributed by atoms with Crippen LogP contribution in [0.25, 0.3) is 11.1 Å². The van der Waals surface area contributed by atoms with Crippen molar-refractivity contribution < 1.29 is 12.8 Å². The number of aromatic nitrogens is 1. The van der Waals surface area contributed by atoms with E-state index in [2.05, 4.69) is 4.90 Å². The van der Waals surface area contributed by atoms with Crippen molar-refractivity contribution in [2.75, 3.05) is 26.2 Å². The fraction of sp³-hybridized carbons (Fsp3) is 0.278. The molecule has 0 saturated carbocycles. The molecule has 0 atom stereocenters. The summed E-state index contributed by atoms with van der Waals surface area (Å²) in [5.41, 5.74) is 1.69. The first-order chi connectivity index (χ1) is 13.0. The van der Waals surface area contributed by atoms with Crippen LogP contribution in [-0.4, -0.2) is 48.4 Å². The van der Waals surface area contributed by atoms with Crippen LogP contribution in [0.2, 0.25) is 5.02 Å². The molecule has 1 fully saturated rings. The Kier molecular flexibility index (Phi) is 5.09. The molecule has 1 saturated heterocycles. The number of halogens is 1. The molecule has 0 aliphatic carbocycles. The topological polar surface area (TPSA) is 58.7 Å². The van der Waals surface area contributed by atoms with Gasteiger partial charge >= 0.3 is 0 Å². The number of nitrogens with zero attached hydrogens (tertiary/aromatic N) is 3. The highest BCUT2D eigenvalue weighted by Crippen LogP contribution is 2.25. The number of sulfonamides is 1. The lowest BCUT2D eigenvalue weighted by molar-refractivity contribution is 0.151. The lowest BCUT2D eigenvalue weighted by atomic mass is 10.3. The van der Waals surface area contributed by atoms with Crippen LogP contribution in [0.1, 0.15) is 0 Å². The summed E-state index contributed by atoms with van der Waals surface area (Å²) in [7, 11) is -3.59. The van der Waals surface area contributed by atoms with Gasteiger partial charge < -0.3 is 4.42 Å². The van der Waals surface area contributed by atoms with Crippen molar-refractivity contribution in [1.82, 2.24) is 13.8 Å². The summed E-state index contributed by atoms with van der Waals surface area (Å²) in [6, 6.07) is 14.2. The maximum atomic E-state index is 12.8. The van der Waals surface area contributed by atoms with Crippen LogP contribution < -0.4 is 0 Å². The van der Waals surface area contributed by atoms with E-state index in [1.165, 1.54) is 4.31 Å². The maximum absolute atomic E-state index is 12.8. The predicted molar refractivity (Wildman–Crippen MR) is 107 cm³/mol. The summed E-state index contributed by atoms with van der Waals surface area (Å²) in [6.07, 6.45) is 0. The van der Waals surface area contributed by atoms with Crippen molar-refractivity contribution in [2.45, 2.75) is 11.6 Å². The summed E-state index contributed by atoms with van der Waals surface area (Å²) in [5.74, 6) is 0. The van der Waals surface area contributed by atoms with E-state index >= 15 is 0 Å². The largest absolute Gasteiger partial charge is 0.429 e. The standard InChI is InChI=1S/C18H18ClN3O3S2/c19-14-5-1-4-8-17(14)27(23,24)21-11-9-20(10-12-21)13-22-15-6-2-3-7-16(15)25-18(22)26/h1-8H,9-13H2. The molecule has 0 unspecified atom stereocenters. The van der Waals surface area contributed by atoms with E-state index in [1.807, 2.05) is 28.8 Å². The van der Waals surface area contributed by atoms with Crippen molar-refractivity contribution in [2.24, 2.45) is 0 Å². The molecule has 9 heteroatoms. The van der Waals surface area contributed by atoms with Gasteiger partial charge in [-0.15, -0.1) is 0 Å². The monoisotopic (exact) mass is 423 g/mol. The van der Waals surface area contributed by atoms with E-state index < -0.39 is 10.0 Å². The molecule has 1 aromatic heterocycles. The Hall–Kier alpha value is -1.71. The van der Waals surface area contributed by atoms with Gasteiger partial charge in [-0.3, -0.25) is 9.47 Å². The van der Waals surface area contributed by atoms with Gasteiger partial charge in [-0.05, 0) is 36.5 Å². The van der Waals surface area contributed by atoms with Gasteiger partial charge in [0.05, 0.1) is 17.2 Å². The predicted octanol–water partition coefficient (Wildman–Crippen LogP) is 3.58. The minimum atomic E-state index is -3.59. The van der Waals surface area contributed by atoms with Gasteiger partial charge in [-0.25, -0.2) is 8.42 Å². The van der Waals surface area contributed by atoms with Crippen molar-refractivity contribution in [3.63, 3.8) is 0 Å². The molecule has 1 aliphatic heterocycles. The number of para-hydroxylation sites is 2. The van der Waals surface area contributed by atoms with Crippen LogP contribution in [0.5, 0.6) is 0 Å². The lowest BCUT2D eigenvalue weighted by Gasteiger charge is -2.34. The minimum Gasteiger partial charge on any atom is -0.429 e. The second-order valence-electron chi connectivity index (χ2n) is 6.36. The van der Waals surface area contributed by atoms with Crippen LogP contribution >= 0.6 is 23.8 Å². The van der Waals surface area contributed by atoms with Gasteiger partial charge in [0.15, 0.2) is 5.58 Å². The number of rotatable bonds is 4. The summed E-state index contributed by atoms with van der Waals surface area (Å²) in [6.45, 7) is 2.57. The molecule has 0 bridgehead atoms. The van der Waals surface area contributed by atoms with Gasteiger partial charge in [0.25, 0.3) is 4.84 Å². The average Bonchev–Trinajstić information content (AvgIpc) is 2.98. The molecule has 3 aromatic rings. The van der Waals surface area contributed by atoms with E-state index in [9.17, 15) is 8.42 Å². The number of hydrogen-bond acceptors (Lipinski definition) is 5. The fourth-order valence-corrected chi connectivity index (χ4v) is 5.41. The third-order valence-corrected chi connectivity index (χ3v) is 7.40. The van der Waals surface area contributed by atoms with E-state index in [4.69, 9.17) is 28.2 Å². The molecule has 142 valence electrons. The van der Waals surface area contributed by atoms with E-state index in [0.717, 1.165) is 11.1 Å². The van der Waals surface area contributed by atoms with Crippen LogP contribution in [0.15, 0.2) is 57.8 Å². The van der Waals surface area contributed by atoms with E-state index in [1.54, 1.807) is 24.3 Å². The molecule has 6 nitrogen and oxygen atoms in total. The maximum Gasteiger partial charge on any atom is 0.270 e. The van der Waals surface area contributed by atoms with E-state index in [-0.39, 0.29) is 9.92 Å². The van der Waals surface area contributed by atoms with Gasteiger partial charge in [-0.1, -0.05) is 35.9 Å².